The van der Waals surface area contributed by atoms with Crippen molar-refractivity contribution in [3.05, 3.63) is 11.5 Å². The fraction of sp³-hybridized carbons (Fsp3) is 0.706. The molecule has 1 aliphatic carbocycles. The summed E-state index contributed by atoms with van der Waals surface area (Å²) in [5.41, 5.74) is 0.435. The predicted molar refractivity (Wildman–Crippen MR) is 117 cm³/mol. The summed E-state index contributed by atoms with van der Waals surface area (Å²) in [6.45, 7) is -0.379. The van der Waals surface area contributed by atoms with Gasteiger partial charge in [-0.25, -0.2) is 4.68 Å². The monoisotopic (exact) mass is 524 g/mol. The Morgan fingerprint density at radius 3 is 2.64 bits per heavy atom. The lowest BCUT2D eigenvalue weighted by atomic mass is 10.1. The molecule has 5 N–H and O–H groups in total. The number of anilines is 1. The normalized spacial score (nSPS) is 26.9. The molecule has 0 bridgehead atoms. The van der Waals surface area contributed by atoms with Gasteiger partial charge in [0.15, 0.2) is 5.65 Å². The zero-order valence-electron chi connectivity index (χ0n) is 17.4. The quantitative estimate of drug-likeness (QED) is 0.233. The van der Waals surface area contributed by atoms with E-state index in [0.717, 1.165) is 25.7 Å². The van der Waals surface area contributed by atoms with Crippen LogP contribution in [0.15, 0.2) is 6.20 Å². The second-order valence-electron chi connectivity index (χ2n) is 8.16. The van der Waals surface area contributed by atoms with Crippen LogP contribution < -0.4 is 5.32 Å². The molecule has 2 aromatic rings. The smallest absolute Gasteiger partial charge is 0.388 e. The zero-order valence-corrected chi connectivity index (χ0v) is 19.9. The molecule has 0 spiro atoms. The van der Waals surface area contributed by atoms with Crippen LogP contribution in [0, 0.1) is 0 Å². The molecule has 1 unspecified atom stereocenters. The van der Waals surface area contributed by atoms with Gasteiger partial charge in [0.2, 0.25) is 5.28 Å². The van der Waals surface area contributed by atoms with Gasteiger partial charge in [-0.1, -0.05) is 12.8 Å². The highest BCUT2D eigenvalue weighted by molar-refractivity contribution is 7.64. The number of rotatable bonds is 9. The first-order valence-corrected chi connectivity index (χ1v) is 13.9. The molecule has 1 saturated heterocycles. The predicted octanol–water partition coefficient (Wildman–Crippen LogP) is 1.22. The first-order valence-electron chi connectivity index (χ1n) is 10.4. The maximum atomic E-state index is 11.7. The molecule has 4 rings (SSSR count). The average molecular weight is 525 g/mol. The fourth-order valence-electron chi connectivity index (χ4n) is 4.07. The highest BCUT2D eigenvalue weighted by atomic mass is 35.5. The molecule has 0 amide bonds. The Kier molecular flexibility index (Phi) is 7.64. The number of fused-ring (bicyclic) bond motifs is 1. The highest BCUT2D eigenvalue weighted by Gasteiger charge is 2.45. The fourth-order valence-corrected chi connectivity index (χ4v) is 6.08. The number of hydrogen-bond acceptors (Lipinski definition) is 10. The van der Waals surface area contributed by atoms with Crippen LogP contribution in [0.3, 0.4) is 0 Å². The lowest BCUT2D eigenvalue weighted by Crippen LogP contribution is -2.35. The van der Waals surface area contributed by atoms with Crippen LogP contribution in [0.25, 0.3) is 11.0 Å². The van der Waals surface area contributed by atoms with Gasteiger partial charge in [-0.2, -0.15) is 15.1 Å². The summed E-state index contributed by atoms with van der Waals surface area (Å²) in [6.07, 6.45) is 1.39. The van der Waals surface area contributed by atoms with E-state index in [0.29, 0.717) is 22.9 Å². The van der Waals surface area contributed by atoms with Gasteiger partial charge >= 0.3 is 15.6 Å². The third kappa shape index (κ3) is 6.05. The van der Waals surface area contributed by atoms with E-state index in [9.17, 15) is 19.3 Å². The Labute approximate surface area is 194 Å². The third-order valence-corrected chi connectivity index (χ3v) is 8.67. The lowest BCUT2D eigenvalue weighted by Gasteiger charge is -2.16. The number of aliphatic hydroxyl groups is 2. The van der Waals surface area contributed by atoms with Crippen molar-refractivity contribution in [2.75, 3.05) is 17.8 Å². The van der Waals surface area contributed by atoms with Crippen molar-refractivity contribution in [2.45, 2.75) is 62.7 Å². The molecule has 0 aromatic carbocycles. The van der Waals surface area contributed by atoms with E-state index in [2.05, 4.69) is 20.4 Å². The van der Waals surface area contributed by atoms with Crippen molar-refractivity contribution in [1.82, 2.24) is 19.7 Å². The van der Waals surface area contributed by atoms with Gasteiger partial charge in [0, 0.05) is 6.04 Å². The minimum Gasteiger partial charge on any atom is -0.388 e. The standard InChI is InChI=1S/C17H24ClN5O8P2/c18-17-21-15(20-9-3-1-2-4-9)10-5-19-23(16(10)22-17)6-11-13(24)14(25)12(31-11)7-30-32(26)8-33(27,28)29/h5,9,11-14,24-25H,1-4,6-8H2,(H2-,20,21,22,27,28,29)/p+1/t11-,12-,13+,14-/m1/s1. The number of nitrogens with one attached hydrogen (secondary N) is 1. The van der Waals surface area contributed by atoms with Crippen LogP contribution >= 0.6 is 27.2 Å². The van der Waals surface area contributed by atoms with E-state index in [1.54, 1.807) is 6.20 Å². The van der Waals surface area contributed by atoms with Gasteiger partial charge in [0.05, 0.1) is 18.1 Å². The number of aromatic nitrogens is 4. The number of hydrogen-bond donors (Lipinski definition) is 5. The molecule has 5 atom stereocenters. The van der Waals surface area contributed by atoms with E-state index in [1.807, 2.05) is 0 Å². The van der Waals surface area contributed by atoms with Gasteiger partial charge in [0.1, 0.15) is 36.8 Å². The molecule has 2 aliphatic rings. The lowest BCUT2D eigenvalue weighted by molar-refractivity contribution is -0.0204. The Morgan fingerprint density at radius 1 is 1.24 bits per heavy atom. The molecule has 182 valence electrons. The Morgan fingerprint density at radius 2 is 1.94 bits per heavy atom. The largest absolute Gasteiger partial charge is 0.521 e. The summed E-state index contributed by atoms with van der Waals surface area (Å²) in [7, 11) is -7.16. The maximum absolute atomic E-state index is 11.7. The van der Waals surface area contributed by atoms with Crippen molar-refractivity contribution < 1.29 is 38.4 Å². The number of halogens is 1. The molecular weight excluding hydrogens is 500 g/mol. The van der Waals surface area contributed by atoms with Gasteiger partial charge < -0.3 is 30.1 Å². The molecular formula is C17H25ClN5O8P2+. The van der Waals surface area contributed by atoms with Crippen LogP contribution in [0.5, 0.6) is 0 Å². The van der Waals surface area contributed by atoms with Gasteiger partial charge in [0.25, 0.3) is 5.90 Å². The zero-order chi connectivity index (χ0) is 23.8. The van der Waals surface area contributed by atoms with E-state index in [1.165, 1.54) is 4.68 Å². The van der Waals surface area contributed by atoms with Crippen LogP contribution in [0.4, 0.5) is 5.82 Å². The number of ether oxygens (including phenoxy) is 1. The van der Waals surface area contributed by atoms with Crippen LogP contribution in [-0.2, 0) is 24.9 Å². The molecule has 16 heteroatoms. The topological polar surface area (TPSA) is 189 Å². The number of aliphatic hydroxyl groups excluding tert-OH is 2. The second-order valence-corrected chi connectivity index (χ2v) is 11.9. The Balaban J connectivity index is 1.44. The first kappa shape index (κ1) is 24.8. The van der Waals surface area contributed by atoms with E-state index >= 15 is 0 Å². The Hall–Kier alpha value is -1.27. The molecule has 3 heterocycles. The highest BCUT2D eigenvalue weighted by Crippen LogP contribution is 2.45. The molecule has 1 aliphatic heterocycles. The SMILES string of the molecule is O=[P+](CP(=O)(O)O)OC[C@H]1O[C@H](Cn2ncc3c(NC4CCCC4)nc(Cl)nc32)[C@H](O)[C@@H]1O. The second kappa shape index (κ2) is 10.2. The molecule has 2 fully saturated rings. The summed E-state index contributed by atoms with van der Waals surface area (Å²) in [6, 6.07) is 0.301. The Bertz CT molecular complexity index is 1060. The van der Waals surface area contributed by atoms with E-state index in [4.69, 9.17) is 30.6 Å². The van der Waals surface area contributed by atoms with Crippen LogP contribution in [0.1, 0.15) is 25.7 Å². The van der Waals surface area contributed by atoms with Gasteiger partial charge in [-0.15, -0.1) is 4.52 Å². The average Bonchev–Trinajstić information content (AvgIpc) is 3.43. The van der Waals surface area contributed by atoms with Crippen molar-refractivity contribution in [1.29, 1.82) is 0 Å². The van der Waals surface area contributed by atoms with Crippen molar-refractivity contribution in [3.63, 3.8) is 0 Å². The summed E-state index contributed by atoms with van der Waals surface area (Å²) >= 11 is 6.12. The summed E-state index contributed by atoms with van der Waals surface area (Å²) in [5, 5.41) is 29.1. The van der Waals surface area contributed by atoms with Gasteiger partial charge in [-0.3, -0.25) is 4.57 Å². The van der Waals surface area contributed by atoms with Crippen molar-refractivity contribution >= 4 is 44.1 Å². The third-order valence-electron chi connectivity index (χ3n) is 5.66. The molecule has 13 nitrogen and oxygen atoms in total. The van der Waals surface area contributed by atoms with Crippen LogP contribution in [0.2, 0.25) is 5.28 Å². The molecule has 1 saturated carbocycles. The first-order chi connectivity index (χ1) is 15.6. The number of nitrogens with zero attached hydrogens (tertiary/aromatic N) is 4. The molecule has 0 radical (unpaired) electrons. The van der Waals surface area contributed by atoms with E-state index in [-0.39, 0.29) is 11.8 Å². The summed E-state index contributed by atoms with van der Waals surface area (Å²) in [5.74, 6) is -0.357. The van der Waals surface area contributed by atoms with Crippen molar-refractivity contribution in [2.24, 2.45) is 0 Å². The minimum atomic E-state index is -4.50. The summed E-state index contributed by atoms with van der Waals surface area (Å²) < 4.78 is 34.6. The maximum Gasteiger partial charge on any atom is 0.521 e. The minimum absolute atomic E-state index is 0.0308. The molecule has 2 aromatic heterocycles. The summed E-state index contributed by atoms with van der Waals surface area (Å²) in [4.78, 5) is 26.2. The van der Waals surface area contributed by atoms with Crippen molar-refractivity contribution in [3.8, 4) is 0 Å². The van der Waals surface area contributed by atoms with Gasteiger partial charge in [-0.05, 0) is 29.0 Å². The molecule has 33 heavy (non-hydrogen) atoms. The van der Waals surface area contributed by atoms with E-state index < -0.39 is 52.5 Å². The van der Waals surface area contributed by atoms with Crippen LogP contribution in [-0.4, -0.2) is 82.7 Å².